The Morgan fingerprint density at radius 3 is 2.53 bits per heavy atom. The zero-order chi connectivity index (χ0) is 11.3. The maximum absolute atomic E-state index is 5.57. The van der Waals surface area contributed by atoms with E-state index in [4.69, 9.17) is 5.73 Å². The van der Waals surface area contributed by atoms with Crippen molar-refractivity contribution in [3.63, 3.8) is 0 Å². The quantitative estimate of drug-likeness (QED) is 0.800. The van der Waals surface area contributed by atoms with Gasteiger partial charge in [0.15, 0.2) is 0 Å². The minimum absolute atomic E-state index is 0.516. The molecule has 0 radical (unpaired) electrons. The van der Waals surface area contributed by atoms with E-state index >= 15 is 0 Å². The first kappa shape index (κ1) is 12.1. The maximum atomic E-state index is 5.57. The van der Waals surface area contributed by atoms with Gasteiger partial charge in [0.2, 0.25) is 0 Å². The van der Waals surface area contributed by atoms with E-state index in [1.165, 1.54) is 0 Å². The van der Waals surface area contributed by atoms with E-state index in [0.29, 0.717) is 12.6 Å². The van der Waals surface area contributed by atoms with Crippen LogP contribution in [0.2, 0.25) is 0 Å². The summed E-state index contributed by atoms with van der Waals surface area (Å²) < 4.78 is 0. The molecule has 0 aliphatic heterocycles. The van der Waals surface area contributed by atoms with Crippen molar-refractivity contribution in [1.29, 1.82) is 0 Å². The molecule has 3 heteroatoms. The molecule has 15 heavy (non-hydrogen) atoms. The average molecular weight is 207 g/mol. The number of hydrogen-bond donors (Lipinski definition) is 1. The fourth-order valence-electron chi connectivity index (χ4n) is 1.60. The summed E-state index contributed by atoms with van der Waals surface area (Å²) in [5, 5.41) is 0. The van der Waals surface area contributed by atoms with Crippen LogP contribution in [0, 0.1) is 0 Å². The van der Waals surface area contributed by atoms with Gasteiger partial charge < -0.3 is 5.73 Å². The van der Waals surface area contributed by atoms with Gasteiger partial charge in [-0.05, 0) is 32.5 Å². The molecule has 1 heterocycles. The van der Waals surface area contributed by atoms with Crippen LogP contribution in [0.4, 0.5) is 0 Å². The molecule has 0 fully saturated rings. The van der Waals surface area contributed by atoms with Gasteiger partial charge in [0, 0.05) is 19.1 Å². The highest BCUT2D eigenvalue weighted by Crippen LogP contribution is 2.06. The van der Waals surface area contributed by atoms with Crippen molar-refractivity contribution in [2.75, 3.05) is 6.54 Å². The van der Waals surface area contributed by atoms with Gasteiger partial charge in [-0.15, -0.1) is 0 Å². The summed E-state index contributed by atoms with van der Waals surface area (Å²) in [6.07, 6.45) is 0. The molecule has 0 saturated carbocycles. The fourth-order valence-corrected chi connectivity index (χ4v) is 1.60. The third kappa shape index (κ3) is 3.61. The molecule has 0 saturated heterocycles. The second-order valence-electron chi connectivity index (χ2n) is 3.98. The van der Waals surface area contributed by atoms with Crippen LogP contribution in [-0.2, 0) is 13.1 Å². The molecular formula is C12H21N3. The molecule has 0 unspecified atom stereocenters. The highest BCUT2D eigenvalue weighted by molar-refractivity contribution is 5.11. The van der Waals surface area contributed by atoms with Gasteiger partial charge in [0.1, 0.15) is 0 Å². The second-order valence-corrected chi connectivity index (χ2v) is 3.98. The molecule has 0 bridgehead atoms. The molecule has 2 N–H and O–H groups in total. The Kier molecular flexibility index (Phi) is 4.72. The van der Waals surface area contributed by atoms with Crippen LogP contribution in [0.15, 0.2) is 18.2 Å². The molecule has 0 aromatic carbocycles. The Labute approximate surface area is 92.3 Å². The highest BCUT2D eigenvalue weighted by Gasteiger charge is 2.08. The minimum atomic E-state index is 0.516. The maximum Gasteiger partial charge on any atom is 0.0547 e. The number of hydrogen-bond acceptors (Lipinski definition) is 3. The van der Waals surface area contributed by atoms with Crippen LogP contribution in [-0.4, -0.2) is 22.5 Å². The second kappa shape index (κ2) is 5.83. The number of rotatable bonds is 5. The predicted molar refractivity (Wildman–Crippen MR) is 63.3 cm³/mol. The number of nitrogens with two attached hydrogens (primary N) is 1. The molecule has 0 spiro atoms. The Bertz CT molecular complexity index is 297. The monoisotopic (exact) mass is 207 g/mol. The Morgan fingerprint density at radius 1 is 1.33 bits per heavy atom. The zero-order valence-corrected chi connectivity index (χ0v) is 9.90. The molecule has 84 valence electrons. The molecule has 0 atom stereocenters. The van der Waals surface area contributed by atoms with Crippen LogP contribution in [0.1, 0.15) is 32.2 Å². The van der Waals surface area contributed by atoms with Gasteiger partial charge >= 0.3 is 0 Å². The first-order chi connectivity index (χ1) is 7.17. The summed E-state index contributed by atoms with van der Waals surface area (Å²) in [6, 6.07) is 6.61. The summed E-state index contributed by atoms with van der Waals surface area (Å²) in [5.74, 6) is 0. The van der Waals surface area contributed by atoms with Crippen molar-refractivity contribution >= 4 is 0 Å². The molecule has 0 aliphatic rings. The van der Waals surface area contributed by atoms with Crippen LogP contribution >= 0.6 is 0 Å². The van der Waals surface area contributed by atoms with Gasteiger partial charge in [0.25, 0.3) is 0 Å². The average Bonchev–Trinajstić information content (AvgIpc) is 2.25. The van der Waals surface area contributed by atoms with Crippen molar-refractivity contribution in [3.8, 4) is 0 Å². The van der Waals surface area contributed by atoms with Crippen molar-refractivity contribution in [1.82, 2.24) is 9.88 Å². The lowest BCUT2D eigenvalue weighted by Crippen LogP contribution is -2.30. The Hall–Kier alpha value is -0.930. The summed E-state index contributed by atoms with van der Waals surface area (Å²) >= 11 is 0. The summed E-state index contributed by atoms with van der Waals surface area (Å²) in [5.41, 5.74) is 7.64. The van der Waals surface area contributed by atoms with Gasteiger partial charge in [-0.1, -0.05) is 13.0 Å². The Balaban J connectivity index is 2.70. The topological polar surface area (TPSA) is 42.1 Å². The summed E-state index contributed by atoms with van der Waals surface area (Å²) in [6.45, 7) is 9.05. The fraction of sp³-hybridized carbons (Fsp3) is 0.583. The zero-order valence-electron chi connectivity index (χ0n) is 9.90. The predicted octanol–water partition coefficient (Wildman–Crippen LogP) is 1.77. The minimum Gasteiger partial charge on any atom is -0.325 e. The first-order valence-electron chi connectivity index (χ1n) is 5.56. The molecule has 0 aliphatic carbocycles. The number of pyridine rings is 1. The normalized spacial score (nSPS) is 11.3. The van der Waals surface area contributed by atoms with Crippen LogP contribution in [0.5, 0.6) is 0 Å². The van der Waals surface area contributed by atoms with Crippen molar-refractivity contribution in [2.24, 2.45) is 5.73 Å². The first-order valence-corrected chi connectivity index (χ1v) is 5.56. The molecule has 3 nitrogen and oxygen atoms in total. The van der Waals surface area contributed by atoms with Crippen LogP contribution in [0.25, 0.3) is 0 Å². The van der Waals surface area contributed by atoms with E-state index in [-0.39, 0.29) is 0 Å². The molecule has 1 aromatic heterocycles. The van der Waals surface area contributed by atoms with E-state index in [2.05, 4.69) is 36.7 Å². The van der Waals surface area contributed by atoms with E-state index in [1.54, 1.807) is 0 Å². The lowest BCUT2D eigenvalue weighted by Gasteiger charge is -2.24. The van der Waals surface area contributed by atoms with Crippen LogP contribution in [0.3, 0.4) is 0 Å². The SMILES string of the molecule is CCN(Cc1cccc(CN)n1)C(C)C. The van der Waals surface area contributed by atoms with E-state index in [9.17, 15) is 0 Å². The summed E-state index contributed by atoms with van der Waals surface area (Å²) in [7, 11) is 0. The van der Waals surface area contributed by atoms with Crippen molar-refractivity contribution < 1.29 is 0 Å². The smallest absolute Gasteiger partial charge is 0.0547 e. The van der Waals surface area contributed by atoms with E-state index < -0.39 is 0 Å². The number of aromatic nitrogens is 1. The van der Waals surface area contributed by atoms with Crippen molar-refractivity contribution in [2.45, 2.75) is 39.9 Å². The lowest BCUT2D eigenvalue weighted by molar-refractivity contribution is 0.222. The van der Waals surface area contributed by atoms with Gasteiger partial charge in [0.05, 0.1) is 11.4 Å². The molecule has 0 amide bonds. The standard InChI is InChI=1S/C12H21N3/c1-4-15(10(2)3)9-12-7-5-6-11(8-13)14-12/h5-7,10H,4,8-9,13H2,1-3H3. The van der Waals surface area contributed by atoms with E-state index in [0.717, 1.165) is 24.5 Å². The number of nitrogens with zero attached hydrogens (tertiary/aromatic N) is 2. The largest absolute Gasteiger partial charge is 0.325 e. The van der Waals surface area contributed by atoms with Gasteiger partial charge in [-0.2, -0.15) is 0 Å². The highest BCUT2D eigenvalue weighted by atomic mass is 15.1. The Morgan fingerprint density at radius 2 is 2.00 bits per heavy atom. The van der Waals surface area contributed by atoms with Crippen LogP contribution < -0.4 is 5.73 Å². The third-order valence-corrected chi connectivity index (χ3v) is 2.58. The molecular weight excluding hydrogens is 186 g/mol. The van der Waals surface area contributed by atoms with Crippen molar-refractivity contribution in [3.05, 3.63) is 29.6 Å². The third-order valence-electron chi connectivity index (χ3n) is 2.58. The summed E-state index contributed by atoms with van der Waals surface area (Å²) in [4.78, 5) is 6.87. The van der Waals surface area contributed by atoms with Gasteiger partial charge in [-0.25, -0.2) is 0 Å². The van der Waals surface area contributed by atoms with Gasteiger partial charge in [-0.3, -0.25) is 9.88 Å². The van der Waals surface area contributed by atoms with E-state index in [1.807, 2.05) is 12.1 Å². The molecule has 1 aromatic rings. The lowest BCUT2D eigenvalue weighted by atomic mass is 10.2. The molecule has 1 rings (SSSR count).